The van der Waals surface area contributed by atoms with Gasteiger partial charge >= 0.3 is 6.03 Å². The van der Waals surface area contributed by atoms with Gasteiger partial charge in [0.15, 0.2) is 0 Å². The number of thioether (sulfide) groups is 1. The van der Waals surface area contributed by atoms with E-state index < -0.39 is 17.2 Å². The van der Waals surface area contributed by atoms with E-state index in [0.29, 0.717) is 5.16 Å². The van der Waals surface area contributed by atoms with Crippen molar-refractivity contribution in [1.29, 1.82) is 0 Å². The van der Waals surface area contributed by atoms with Crippen LogP contribution >= 0.6 is 11.8 Å². The predicted molar refractivity (Wildman–Crippen MR) is 106 cm³/mol. The minimum atomic E-state index is -0.701. The van der Waals surface area contributed by atoms with Gasteiger partial charge in [-0.2, -0.15) is 4.68 Å². The van der Waals surface area contributed by atoms with Gasteiger partial charge in [0, 0.05) is 7.05 Å². The van der Waals surface area contributed by atoms with Gasteiger partial charge in [-0.05, 0) is 47.0 Å². The number of amides is 3. The van der Waals surface area contributed by atoms with Crippen molar-refractivity contribution in [1.82, 2.24) is 30.8 Å². The molecule has 0 aliphatic rings. The number of nitrogens with zero attached hydrogens (tertiary/aromatic N) is 4. The molecule has 1 atom stereocenters. The maximum absolute atomic E-state index is 12.7. The summed E-state index contributed by atoms with van der Waals surface area (Å²) in [7, 11) is 1.45. The van der Waals surface area contributed by atoms with E-state index >= 15 is 0 Å². The fraction of sp³-hybridized carbons (Fsp3) is 0.211. The van der Waals surface area contributed by atoms with Crippen LogP contribution in [-0.2, 0) is 4.79 Å². The van der Waals surface area contributed by atoms with Gasteiger partial charge in [0.2, 0.25) is 11.1 Å². The largest absolute Gasteiger partial charge is 0.341 e. The number of hydrogen-bond donors (Lipinski definition) is 2. The molecular weight excluding hydrogens is 376 g/mol. The van der Waals surface area contributed by atoms with Crippen LogP contribution in [0.25, 0.3) is 5.69 Å². The molecule has 3 amide bonds. The molecule has 144 valence electrons. The van der Waals surface area contributed by atoms with Crippen LogP contribution in [0.1, 0.15) is 21.9 Å². The van der Waals surface area contributed by atoms with E-state index in [4.69, 9.17) is 0 Å². The summed E-state index contributed by atoms with van der Waals surface area (Å²) in [6, 6.07) is 14.6. The number of imide groups is 1. The molecule has 1 aromatic heterocycles. The molecule has 0 radical (unpaired) electrons. The number of carbonyl (C=O) groups is 2. The van der Waals surface area contributed by atoms with Crippen LogP contribution in [0.5, 0.6) is 0 Å². The third kappa shape index (κ3) is 4.37. The second kappa shape index (κ2) is 8.66. The van der Waals surface area contributed by atoms with Gasteiger partial charge in [-0.3, -0.25) is 10.1 Å². The number of nitrogens with one attached hydrogen (secondary N) is 2. The van der Waals surface area contributed by atoms with Crippen LogP contribution < -0.4 is 10.6 Å². The Balaban J connectivity index is 1.96. The van der Waals surface area contributed by atoms with E-state index in [0.717, 1.165) is 22.4 Å². The number of hydrogen-bond acceptors (Lipinski definition) is 6. The van der Waals surface area contributed by atoms with Crippen molar-refractivity contribution < 1.29 is 9.59 Å². The maximum atomic E-state index is 12.7. The van der Waals surface area contributed by atoms with Crippen LogP contribution in [0.4, 0.5) is 4.79 Å². The highest BCUT2D eigenvalue weighted by molar-refractivity contribution is 8.00. The summed E-state index contributed by atoms with van der Waals surface area (Å²) in [6.07, 6.45) is 0. The second-order valence-corrected chi connectivity index (χ2v) is 7.21. The van der Waals surface area contributed by atoms with E-state index in [1.54, 1.807) is 4.68 Å². The first-order valence-corrected chi connectivity index (χ1v) is 9.47. The highest BCUT2D eigenvalue weighted by Gasteiger charge is 2.26. The lowest BCUT2D eigenvalue weighted by atomic mass is 10.1. The zero-order chi connectivity index (χ0) is 20.1. The molecular formula is C19H20N6O2S. The molecule has 0 saturated carbocycles. The Kier molecular flexibility index (Phi) is 6.05. The molecule has 3 aromatic rings. The summed E-state index contributed by atoms with van der Waals surface area (Å²) < 4.78 is 1.61. The minimum Gasteiger partial charge on any atom is -0.341 e. The normalized spacial score (nSPS) is 11.7. The standard InChI is InChI=1S/C19H20N6O2S/c1-12-9-10-13(2)15(11-12)25-19(22-23-24-25)28-16(14-7-5-4-6-8-14)17(26)21-18(27)20-3/h4-11,16H,1-3H3,(H2,20,21,26,27)/t16-/m0/s1. The molecule has 0 fully saturated rings. The Morgan fingerprint density at radius 1 is 1.11 bits per heavy atom. The molecule has 3 rings (SSSR count). The number of aromatic nitrogens is 4. The Morgan fingerprint density at radius 2 is 1.86 bits per heavy atom. The summed E-state index contributed by atoms with van der Waals surface area (Å²) in [5.74, 6) is -0.453. The van der Waals surface area contributed by atoms with Crippen molar-refractivity contribution >= 4 is 23.7 Å². The first kappa shape index (κ1) is 19.6. The molecule has 9 heteroatoms. The first-order chi connectivity index (χ1) is 13.5. The third-order valence-electron chi connectivity index (χ3n) is 4.06. The molecule has 0 spiro atoms. The Labute approximate surface area is 166 Å². The van der Waals surface area contributed by atoms with Crippen molar-refractivity contribution in [2.24, 2.45) is 0 Å². The topological polar surface area (TPSA) is 102 Å². The van der Waals surface area contributed by atoms with E-state index in [2.05, 4.69) is 26.2 Å². The van der Waals surface area contributed by atoms with Crippen LogP contribution in [0.15, 0.2) is 53.7 Å². The molecule has 1 heterocycles. The summed E-state index contributed by atoms with van der Waals surface area (Å²) in [6.45, 7) is 3.96. The third-order valence-corrected chi connectivity index (χ3v) is 5.25. The van der Waals surface area contributed by atoms with Gasteiger partial charge < -0.3 is 5.32 Å². The molecule has 2 aromatic carbocycles. The van der Waals surface area contributed by atoms with Crippen molar-refractivity contribution in [3.8, 4) is 5.69 Å². The number of carbonyl (C=O) groups excluding carboxylic acids is 2. The van der Waals surface area contributed by atoms with Gasteiger partial charge in [0.1, 0.15) is 5.25 Å². The lowest BCUT2D eigenvalue weighted by molar-refractivity contribution is -0.119. The summed E-state index contributed by atoms with van der Waals surface area (Å²) in [5, 5.41) is 16.4. The number of benzene rings is 2. The lowest BCUT2D eigenvalue weighted by Crippen LogP contribution is -2.39. The molecule has 2 N–H and O–H groups in total. The summed E-state index contributed by atoms with van der Waals surface area (Å²) in [4.78, 5) is 24.4. The van der Waals surface area contributed by atoms with E-state index in [1.807, 2.05) is 62.4 Å². The van der Waals surface area contributed by atoms with Crippen molar-refractivity contribution in [3.63, 3.8) is 0 Å². The molecule has 0 unspecified atom stereocenters. The highest BCUT2D eigenvalue weighted by atomic mass is 32.2. The first-order valence-electron chi connectivity index (χ1n) is 8.59. The lowest BCUT2D eigenvalue weighted by Gasteiger charge is -2.16. The average Bonchev–Trinajstić information content (AvgIpc) is 3.16. The van der Waals surface area contributed by atoms with Gasteiger partial charge in [0.25, 0.3) is 0 Å². The number of rotatable bonds is 5. The fourth-order valence-corrected chi connectivity index (χ4v) is 3.59. The van der Waals surface area contributed by atoms with Crippen molar-refractivity contribution in [2.75, 3.05) is 7.05 Å². The van der Waals surface area contributed by atoms with Crippen LogP contribution in [-0.4, -0.2) is 39.2 Å². The quantitative estimate of drug-likeness (QED) is 0.643. The number of urea groups is 1. The summed E-state index contributed by atoms with van der Waals surface area (Å²) in [5.41, 5.74) is 3.66. The Hall–Kier alpha value is -3.20. The van der Waals surface area contributed by atoms with Crippen LogP contribution in [0.2, 0.25) is 0 Å². The molecule has 28 heavy (non-hydrogen) atoms. The fourth-order valence-electron chi connectivity index (χ4n) is 2.60. The van der Waals surface area contributed by atoms with Crippen LogP contribution in [0, 0.1) is 13.8 Å². The molecule has 0 saturated heterocycles. The van der Waals surface area contributed by atoms with Crippen LogP contribution in [0.3, 0.4) is 0 Å². The number of aryl methyl sites for hydroxylation is 2. The van der Waals surface area contributed by atoms with Crippen molar-refractivity contribution in [2.45, 2.75) is 24.3 Å². The van der Waals surface area contributed by atoms with E-state index in [-0.39, 0.29) is 0 Å². The average molecular weight is 396 g/mol. The SMILES string of the molecule is CNC(=O)NC(=O)[C@@H](Sc1nnnn1-c1cc(C)ccc1C)c1ccccc1. The highest BCUT2D eigenvalue weighted by Crippen LogP contribution is 2.35. The predicted octanol–water partition coefficient (Wildman–Crippen LogP) is 2.57. The monoisotopic (exact) mass is 396 g/mol. The second-order valence-electron chi connectivity index (χ2n) is 6.14. The molecule has 0 aliphatic heterocycles. The summed E-state index contributed by atoms with van der Waals surface area (Å²) >= 11 is 1.18. The van der Waals surface area contributed by atoms with Crippen molar-refractivity contribution in [3.05, 3.63) is 65.2 Å². The zero-order valence-electron chi connectivity index (χ0n) is 15.7. The number of tetrazole rings is 1. The van der Waals surface area contributed by atoms with E-state index in [9.17, 15) is 9.59 Å². The molecule has 8 nitrogen and oxygen atoms in total. The van der Waals surface area contributed by atoms with Gasteiger partial charge in [-0.25, -0.2) is 4.79 Å². The Bertz CT molecular complexity index is 989. The maximum Gasteiger partial charge on any atom is 0.321 e. The van der Waals surface area contributed by atoms with Gasteiger partial charge in [-0.1, -0.05) is 54.2 Å². The molecule has 0 bridgehead atoms. The van der Waals surface area contributed by atoms with Gasteiger partial charge in [-0.15, -0.1) is 5.10 Å². The minimum absolute atomic E-state index is 0.453. The van der Waals surface area contributed by atoms with Gasteiger partial charge in [0.05, 0.1) is 5.69 Å². The molecule has 0 aliphatic carbocycles. The smallest absolute Gasteiger partial charge is 0.321 e. The zero-order valence-corrected chi connectivity index (χ0v) is 16.5. The Morgan fingerprint density at radius 3 is 2.57 bits per heavy atom. The van der Waals surface area contributed by atoms with E-state index in [1.165, 1.54) is 18.8 Å².